The van der Waals surface area contributed by atoms with Crippen LogP contribution in [0.25, 0.3) is 0 Å². The molecule has 0 unspecified atom stereocenters. The highest BCUT2D eigenvalue weighted by atomic mass is 35.5. The lowest BCUT2D eigenvalue weighted by Gasteiger charge is -2.43. The number of esters is 2. The van der Waals surface area contributed by atoms with E-state index in [2.05, 4.69) is 10.3 Å². The molecule has 224 valence electrons. The van der Waals surface area contributed by atoms with Crippen LogP contribution in [-0.4, -0.2) is 102 Å². The van der Waals surface area contributed by atoms with Gasteiger partial charge in [0.1, 0.15) is 17.9 Å². The smallest absolute Gasteiger partial charge is 0.338 e. The molecule has 5 rings (SSSR count). The SMILES string of the molecule is COC(=O)C1=C(CN2CCN3C(=O)N(C(C)(C)C)C[C@H]3[C@@H]2C(=O)OC)NC(c2nccs2)=N[C@H]1c1ccc(F)cc1Cl. The zero-order chi connectivity index (χ0) is 30.3. The van der Waals surface area contributed by atoms with Gasteiger partial charge in [-0.2, -0.15) is 0 Å². The summed E-state index contributed by atoms with van der Waals surface area (Å²) in [7, 11) is 2.58. The lowest BCUT2D eigenvalue weighted by molar-refractivity contribution is -0.150. The van der Waals surface area contributed by atoms with Gasteiger partial charge in [0.15, 0.2) is 10.8 Å². The Hall–Kier alpha value is -3.55. The summed E-state index contributed by atoms with van der Waals surface area (Å²) < 4.78 is 24.4. The van der Waals surface area contributed by atoms with Gasteiger partial charge in [-0.1, -0.05) is 17.7 Å². The van der Waals surface area contributed by atoms with E-state index in [1.165, 1.54) is 37.7 Å². The molecule has 3 atom stereocenters. The fraction of sp³-hybridized carbons (Fsp3) is 0.464. The third-order valence-corrected chi connectivity index (χ3v) is 8.78. The lowest BCUT2D eigenvalue weighted by atomic mass is 9.94. The summed E-state index contributed by atoms with van der Waals surface area (Å²) in [4.78, 5) is 54.4. The van der Waals surface area contributed by atoms with Crippen molar-refractivity contribution in [1.29, 1.82) is 0 Å². The summed E-state index contributed by atoms with van der Waals surface area (Å²) >= 11 is 7.81. The van der Waals surface area contributed by atoms with Crippen LogP contribution >= 0.6 is 22.9 Å². The van der Waals surface area contributed by atoms with Crippen molar-refractivity contribution in [2.45, 2.75) is 44.4 Å². The number of aromatic nitrogens is 1. The molecule has 2 saturated heterocycles. The van der Waals surface area contributed by atoms with E-state index in [1.807, 2.05) is 25.7 Å². The number of nitrogens with zero attached hydrogens (tertiary/aromatic N) is 5. The molecule has 14 heteroatoms. The van der Waals surface area contributed by atoms with E-state index in [4.69, 9.17) is 26.1 Å². The number of benzene rings is 1. The Morgan fingerprint density at radius 3 is 2.60 bits per heavy atom. The second-order valence-electron chi connectivity index (χ2n) is 11.2. The molecular formula is C28H32ClFN6O5S. The number of piperazine rings is 1. The fourth-order valence-electron chi connectivity index (χ4n) is 5.65. The number of methoxy groups -OCH3 is 2. The van der Waals surface area contributed by atoms with Crippen molar-refractivity contribution in [2.75, 3.05) is 40.4 Å². The number of nitrogens with one attached hydrogen (secondary N) is 1. The molecule has 1 aromatic heterocycles. The van der Waals surface area contributed by atoms with Crippen molar-refractivity contribution >= 4 is 46.7 Å². The quantitative estimate of drug-likeness (QED) is 0.491. The minimum atomic E-state index is -0.942. The number of aliphatic imine (C=N–C) groups is 1. The van der Waals surface area contributed by atoms with E-state index in [1.54, 1.807) is 21.4 Å². The van der Waals surface area contributed by atoms with Gasteiger partial charge in [0.05, 0.1) is 25.8 Å². The normalized spacial score (nSPS) is 23.0. The number of amides is 2. The highest BCUT2D eigenvalue weighted by Gasteiger charge is 2.52. The first-order valence-corrected chi connectivity index (χ1v) is 14.6. The van der Waals surface area contributed by atoms with Crippen LogP contribution in [0.4, 0.5) is 9.18 Å². The molecule has 3 aliphatic heterocycles. The largest absolute Gasteiger partial charge is 0.468 e. The van der Waals surface area contributed by atoms with E-state index in [-0.39, 0.29) is 23.2 Å². The number of amidine groups is 1. The summed E-state index contributed by atoms with van der Waals surface area (Å²) in [6.07, 6.45) is 1.63. The van der Waals surface area contributed by atoms with Gasteiger partial charge in [-0.3, -0.25) is 14.7 Å². The number of hydrogen-bond donors (Lipinski definition) is 1. The van der Waals surface area contributed by atoms with Crippen molar-refractivity contribution in [2.24, 2.45) is 4.99 Å². The Kier molecular flexibility index (Phi) is 8.28. The van der Waals surface area contributed by atoms with Crippen molar-refractivity contribution in [3.05, 3.63) is 62.5 Å². The maximum Gasteiger partial charge on any atom is 0.338 e. The summed E-state index contributed by atoms with van der Waals surface area (Å²) in [6, 6.07) is 1.57. The molecule has 4 heterocycles. The van der Waals surface area contributed by atoms with Crippen LogP contribution in [0.5, 0.6) is 0 Å². The molecule has 0 spiro atoms. The molecule has 1 aromatic carbocycles. The lowest BCUT2D eigenvalue weighted by Crippen LogP contribution is -2.62. The Morgan fingerprint density at radius 1 is 1.21 bits per heavy atom. The van der Waals surface area contributed by atoms with Gasteiger partial charge in [0.2, 0.25) is 0 Å². The molecular weight excluding hydrogens is 587 g/mol. The van der Waals surface area contributed by atoms with Gasteiger partial charge >= 0.3 is 18.0 Å². The third-order valence-electron chi connectivity index (χ3n) is 7.67. The number of hydrogen-bond acceptors (Lipinski definition) is 10. The first-order valence-electron chi connectivity index (χ1n) is 13.4. The monoisotopic (exact) mass is 618 g/mol. The molecule has 0 aliphatic carbocycles. The number of halogens is 2. The number of rotatable bonds is 6. The van der Waals surface area contributed by atoms with Crippen LogP contribution in [-0.2, 0) is 19.1 Å². The van der Waals surface area contributed by atoms with Crippen molar-refractivity contribution in [3.8, 4) is 0 Å². The molecule has 2 aromatic rings. The van der Waals surface area contributed by atoms with Crippen LogP contribution < -0.4 is 5.32 Å². The predicted octanol–water partition coefficient (Wildman–Crippen LogP) is 3.22. The van der Waals surface area contributed by atoms with Gasteiger partial charge in [0, 0.05) is 59.6 Å². The van der Waals surface area contributed by atoms with E-state index in [9.17, 15) is 18.8 Å². The minimum Gasteiger partial charge on any atom is -0.468 e. The summed E-state index contributed by atoms with van der Waals surface area (Å²) in [5, 5.41) is 5.71. The first-order chi connectivity index (χ1) is 19.9. The highest BCUT2D eigenvalue weighted by molar-refractivity contribution is 7.11. The highest BCUT2D eigenvalue weighted by Crippen LogP contribution is 2.38. The maximum atomic E-state index is 14.0. The van der Waals surface area contributed by atoms with Crippen LogP contribution in [0.2, 0.25) is 5.02 Å². The average molecular weight is 619 g/mol. The molecule has 0 bridgehead atoms. The zero-order valence-electron chi connectivity index (χ0n) is 23.9. The second kappa shape index (κ2) is 11.6. The van der Waals surface area contributed by atoms with Gasteiger partial charge in [-0.15, -0.1) is 11.3 Å². The van der Waals surface area contributed by atoms with E-state index in [0.29, 0.717) is 41.7 Å². The topological polar surface area (TPSA) is 117 Å². The zero-order valence-corrected chi connectivity index (χ0v) is 25.5. The number of fused-ring (bicyclic) bond motifs is 1. The third kappa shape index (κ3) is 5.48. The number of ether oxygens (including phenoxy) is 2. The van der Waals surface area contributed by atoms with Gasteiger partial charge in [0.25, 0.3) is 0 Å². The van der Waals surface area contributed by atoms with Crippen molar-refractivity contribution in [3.63, 3.8) is 0 Å². The number of carbonyl (C=O) groups is 3. The Balaban J connectivity index is 1.58. The van der Waals surface area contributed by atoms with Gasteiger partial charge in [-0.25, -0.2) is 19.0 Å². The van der Waals surface area contributed by atoms with Crippen LogP contribution in [0.15, 0.2) is 46.0 Å². The Bertz CT molecular complexity index is 1460. The molecule has 3 aliphatic rings. The Morgan fingerprint density at radius 2 is 1.98 bits per heavy atom. The minimum absolute atomic E-state index is 0.0951. The van der Waals surface area contributed by atoms with E-state index < -0.39 is 41.4 Å². The number of urea groups is 1. The maximum absolute atomic E-state index is 14.0. The second-order valence-corrected chi connectivity index (χ2v) is 12.5. The summed E-state index contributed by atoms with van der Waals surface area (Å²) in [6.45, 7) is 7.01. The van der Waals surface area contributed by atoms with Crippen LogP contribution in [0.1, 0.15) is 37.4 Å². The molecule has 0 saturated carbocycles. The van der Waals surface area contributed by atoms with Crippen molar-refractivity contribution < 1.29 is 28.2 Å². The van der Waals surface area contributed by atoms with Crippen molar-refractivity contribution in [1.82, 2.24) is 25.0 Å². The standard InChI is InChI=1S/C28H32ClFN6O5S/c1-28(2,3)36-14-19-22(26(38)41-5)34(9-10-35(19)27(36)39)13-18-20(25(37)40-4)21(16-7-6-15(30)12-17(16)29)33-23(32-18)24-31-8-11-42-24/h6-8,11-12,19,21-22H,9-10,13-14H2,1-5H3,(H,32,33)/t19-,21-,22+/m0/s1. The average Bonchev–Trinajstić information content (AvgIpc) is 3.60. The molecule has 2 fully saturated rings. The first kappa shape index (κ1) is 29.9. The van der Waals surface area contributed by atoms with Crippen LogP contribution in [0, 0.1) is 5.82 Å². The number of carbonyl (C=O) groups excluding carboxylic acids is 3. The van der Waals surface area contributed by atoms with Crippen LogP contribution in [0.3, 0.4) is 0 Å². The molecule has 0 radical (unpaired) electrons. The summed E-state index contributed by atoms with van der Waals surface area (Å²) in [5.74, 6) is -1.29. The molecule has 11 nitrogen and oxygen atoms in total. The molecule has 42 heavy (non-hydrogen) atoms. The van der Waals surface area contributed by atoms with Gasteiger partial charge < -0.3 is 24.6 Å². The molecule has 1 N–H and O–H groups in total. The van der Waals surface area contributed by atoms with E-state index >= 15 is 0 Å². The van der Waals surface area contributed by atoms with E-state index in [0.717, 1.165) is 6.07 Å². The Labute approximate surface area is 251 Å². The number of thiazole rings is 1. The van der Waals surface area contributed by atoms with Gasteiger partial charge in [-0.05, 0) is 32.9 Å². The predicted molar refractivity (Wildman–Crippen MR) is 155 cm³/mol. The summed E-state index contributed by atoms with van der Waals surface area (Å²) in [5.41, 5.74) is 0.553. The molecule has 2 amide bonds. The fourth-order valence-corrected chi connectivity index (χ4v) is 6.51.